The van der Waals surface area contributed by atoms with Gasteiger partial charge in [-0.3, -0.25) is 0 Å². The molecule has 2 aromatic rings. The number of halogens is 1. The van der Waals surface area contributed by atoms with Crippen LogP contribution in [0.1, 0.15) is 58.7 Å². The Kier molecular flexibility index (Phi) is 3.55. The van der Waals surface area contributed by atoms with E-state index in [-0.39, 0.29) is 5.38 Å². The van der Waals surface area contributed by atoms with Crippen molar-refractivity contribution in [2.75, 3.05) is 0 Å². The summed E-state index contributed by atoms with van der Waals surface area (Å²) < 4.78 is 0. The third-order valence-electron chi connectivity index (χ3n) is 5.98. The van der Waals surface area contributed by atoms with Crippen LogP contribution in [-0.2, 0) is 6.42 Å². The molecule has 0 bridgehead atoms. The van der Waals surface area contributed by atoms with Crippen molar-refractivity contribution < 1.29 is 0 Å². The molecule has 2 aliphatic carbocycles. The monoisotopic (exact) mass is 338 g/mol. The summed E-state index contributed by atoms with van der Waals surface area (Å²) in [5, 5.41) is 0.254. The van der Waals surface area contributed by atoms with E-state index in [9.17, 15) is 0 Å². The molecule has 0 spiro atoms. The number of hydrogen-bond acceptors (Lipinski definition) is 0. The molecule has 3 unspecified atom stereocenters. The summed E-state index contributed by atoms with van der Waals surface area (Å²) in [6, 6.07) is 13.4. The van der Waals surface area contributed by atoms with E-state index in [1.54, 1.807) is 11.1 Å². The predicted octanol–water partition coefficient (Wildman–Crippen LogP) is 4.50. The summed E-state index contributed by atoms with van der Waals surface area (Å²) >= 11 is 6.58. The van der Waals surface area contributed by atoms with Gasteiger partial charge in [0.2, 0.25) is 0 Å². The molecule has 2 aliphatic rings. The van der Waals surface area contributed by atoms with Crippen LogP contribution in [0.15, 0.2) is 42.0 Å². The second-order valence-corrected chi connectivity index (χ2v) is 8.91. The van der Waals surface area contributed by atoms with Crippen LogP contribution in [0, 0.1) is 6.92 Å². The molecular formula is C21H23ClSi. The Morgan fingerprint density at radius 3 is 2.52 bits per heavy atom. The van der Waals surface area contributed by atoms with Crippen molar-refractivity contribution in [1.29, 1.82) is 0 Å². The Bertz CT molecular complexity index is 819. The molecule has 0 heterocycles. The van der Waals surface area contributed by atoms with Crippen molar-refractivity contribution in [3.63, 3.8) is 0 Å². The first kappa shape index (κ1) is 15.2. The largest absolute Gasteiger partial charge is 0.122 e. The van der Waals surface area contributed by atoms with Crippen LogP contribution < -0.4 is 0 Å². The Balaban J connectivity index is 1.99. The minimum absolute atomic E-state index is 0.254. The molecule has 118 valence electrons. The number of allylic oxidation sites excluding steroid dienone is 1. The SMILES string of the molecule is CC1=C(c2ccccc2)c2c(cc3c(c2C)C(C)C(Cl)C3)C1[SiH3]. The van der Waals surface area contributed by atoms with Gasteiger partial charge in [-0.25, -0.2) is 0 Å². The van der Waals surface area contributed by atoms with Gasteiger partial charge in [-0.2, -0.15) is 0 Å². The number of hydrogen-bond donors (Lipinski definition) is 0. The van der Waals surface area contributed by atoms with E-state index in [0.29, 0.717) is 11.5 Å². The first-order valence-corrected chi connectivity index (χ1v) is 10.2. The van der Waals surface area contributed by atoms with Gasteiger partial charge in [0.15, 0.2) is 0 Å². The quantitative estimate of drug-likeness (QED) is 0.530. The zero-order valence-electron chi connectivity index (χ0n) is 14.3. The molecule has 0 amide bonds. The number of alkyl halides is 1. The molecule has 2 heteroatoms. The highest BCUT2D eigenvalue weighted by Gasteiger charge is 2.35. The molecule has 0 nitrogen and oxygen atoms in total. The minimum atomic E-state index is 0.254. The fraction of sp³-hybridized carbons (Fsp3) is 0.333. The van der Waals surface area contributed by atoms with Crippen LogP contribution in [0.3, 0.4) is 0 Å². The predicted molar refractivity (Wildman–Crippen MR) is 104 cm³/mol. The lowest BCUT2D eigenvalue weighted by molar-refractivity contribution is 0.753. The maximum Gasteiger partial charge on any atom is 0.0442 e. The Hall–Kier alpha value is -1.31. The summed E-state index contributed by atoms with van der Waals surface area (Å²) in [4.78, 5) is 0. The molecule has 0 saturated heterocycles. The van der Waals surface area contributed by atoms with Crippen molar-refractivity contribution in [3.05, 3.63) is 75.4 Å². The first-order valence-electron chi connectivity index (χ1n) is 8.57. The van der Waals surface area contributed by atoms with Crippen molar-refractivity contribution in [3.8, 4) is 0 Å². The molecule has 0 radical (unpaired) electrons. The topological polar surface area (TPSA) is 0 Å². The fourth-order valence-electron chi connectivity index (χ4n) is 4.60. The van der Waals surface area contributed by atoms with Gasteiger partial charge in [0.1, 0.15) is 0 Å². The highest BCUT2D eigenvalue weighted by molar-refractivity contribution is 6.22. The van der Waals surface area contributed by atoms with Crippen LogP contribution in [-0.4, -0.2) is 15.6 Å². The standard InChI is InChI=1S/C21H23ClSi/c1-11-17(22)10-15-9-16-20(12(2)18(11)15)19(13(3)21(16)23)14-7-5-4-6-8-14/h4-9,11,17,21H,10H2,1-3,23H3. The zero-order valence-corrected chi connectivity index (χ0v) is 17.0. The van der Waals surface area contributed by atoms with Gasteiger partial charge in [-0.1, -0.05) is 48.9 Å². The van der Waals surface area contributed by atoms with Crippen LogP contribution in [0.5, 0.6) is 0 Å². The third-order valence-corrected chi connectivity index (χ3v) is 8.00. The molecular weight excluding hydrogens is 316 g/mol. The van der Waals surface area contributed by atoms with Crippen LogP contribution in [0.4, 0.5) is 0 Å². The molecule has 0 aromatic heterocycles. The van der Waals surface area contributed by atoms with E-state index in [1.165, 1.54) is 43.6 Å². The second-order valence-electron chi connectivity index (χ2n) is 7.19. The highest BCUT2D eigenvalue weighted by Crippen LogP contribution is 2.50. The van der Waals surface area contributed by atoms with Crippen LogP contribution in [0.2, 0.25) is 0 Å². The average Bonchev–Trinajstić information content (AvgIpc) is 2.97. The van der Waals surface area contributed by atoms with Gasteiger partial charge in [0.05, 0.1) is 0 Å². The van der Waals surface area contributed by atoms with Crippen molar-refractivity contribution in [2.45, 2.75) is 44.0 Å². The second kappa shape index (κ2) is 5.36. The summed E-state index contributed by atoms with van der Waals surface area (Å²) in [5.41, 5.74) is 12.6. The van der Waals surface area contributed by atoms with Crippen LogP contribution in [0.25, 0.3) is 5.57 Å². The lowest BCUT2D eigenvalue weighted by Crippen LogP contribution is -2.04. The van der Waals surface area contributed by atoms with E-state index in [2.05, 4.69) is 57.2 Å². The summed E-state index contributed by atoms with van der Waals surface area (Å²) in [6.07, 6.45) is 1.03. The number of benzene rings is 2. The molecule has 4 rings (SSSR count). The van der Waals surface area contributed by atoms with Gasteiger partial charge >= 0.3 is 0 Å². The molecule has 23 heavy (non-hydrogen) atoms. The average molecular weight is 339 g/mol. The van der Waals surface area contributed by atoms with Crippen molar-refractivity contribution in [1.82, 2.24) is 0 Å². The number of fused-ring (bicyclic) bond motifs is 2. The highest BCUT2D eigenvalue weighted by atomic mass is 35.5. The number of rotatable bonds is 1. The molecule has 0 aliphatic heterocycles. The van der Waals surface area contributed by atoms with Crippen molar-refractivity contribution in [2.24, 2.45) is 0 Å². The van der Waals surface area contributed by atoms with E-state index < -0.39 is 0 Å². The van der Waals surface area contributed by atoms with Crippen LogP contribution >= 0.6 is 11.6 Å². The van der Waals surface area contributed by atoms with Gasteiger partial charge < -0.3 is 0 Å². The Labute approximate surface area is 147 Å². The molecule has 3 atom stereocenters. The fourth-order valence-corrected chi connectivity index (χ4v) is 5.63. The van der Waals surface area contributed by atoms with E-state index >= 15 is 0 Å². The summed E-state index contributed by atoms with van der Waals surface area (Å²) in [5.74, 6) is 0.461. The smallest absolute Gasteiger partial charge is 0.0442 e. The molecule has 2 aromatic carbocycles. The maximum absolute atomic E-state index is 6.58. The van der Waals surface area contributed by atoms with E-state index in [1.807, 2.05) is 0 Å². The molecule has 0 N–H and O–H groups in total. The summed E-state index contributed by atoms with van der Waals surface area (Å²) in [6.45, 7) is 6.94. The van der Waals surface area contributed by atoms with Crippen molar-refractivity contribution >= 4 is 27.4 Å². The van der Waals surface area contributed by atoms with Gasteiger partial charge in [-0.15, -0.1) is 11.6 Å². The maximum atomic E-state index is 6.58. The normalized spacial score (nSPS) is 25.8. The van der Waals surface area contributed by atoms with Gasteiger partial charge in [0.25, 0.3) is 0 Å². The van der Waals surface area contributed by atoms with E-state index in [0.717, 1.165) is 6.42 Å². The van der Waals surface area contributed by atoms with Gasteiger partial charge in [-0.05, 0) is 70.7 Å². The molecule has 0 fully saturated rings. The Morgan fingerprint density at radius 2 is 1.83 bits per heavy atom. The zero-order chi connectivity index (χ0) is 16.3. The minimum Gasteiger partial charge on any atom is -0.122 e. The third kappa shape index (κ3) is 2.10. The van der Waals surface area contributed by atoms with Gasteiger partial charge in [0, 0.05) is 15.6 Å². The summed E-state index contributed by atoms with van der Waals surface area (Å²) in [7, 11) is 1.17. The molecule has 0 saturated carbocycles. The first-order chi connectivity index (χ1) is 11.0. The van der Waals surface area contributed by atoms with E-state index in [4.69, 9.17) is 11.6 Å². The lowest BCUT2D eigenvalue weighted by atomic mass is 9.87. The lowest BCUT2D eigenvalue weighted by Gasteiger charge is -2.18. The Morgan fingerprint density at radius 1 is 1.13 bits per heavy atom.